The third-order valence-electron chi connectivity index (χ3n) is 3.62. The Morgan fingerprint density at radius 3 is 3.06 bits per heavy atom. The highest BCUT2D eigenvalue weighted by atomic mass is 79.9. The lowest BCUT2D eigenvalue weighted by atomic mass is 9.99. The molecule has 2 unspecified atom stereocenters. The summed E-state index contributed by atoms with van der Waals surface area (Å²) >= 11 is 3.40. The zero-order valence-corrected chi connectivity index (χ0v) is 12.8. The van der Waals surface area contributed by atoms with Gasteiger partial charge in [-0.25, -0.2) is 4.98 Å². The molecule has 2 atom stereocenters. The van der Waals surface area contributed by atoms with Crippen LogP contribution in [0.5, 0.6) is 0 Å². The predicted molar refractivity (Wildman–Crippen MR) is 79.9 cm³/mol. The number of halogens is 1. The van der Waals surface area contributed by atoms with Gasteiger partial charge in [0.05, 0.1) is 0 Å². The molecule has 1 aliphatic rings. The van der Waals surface area contributed by atoms with Crippen LogP contribution >= 0.6 is 15.9 Å². The molecular weight excluding hydrogens is 290 g/mol. The Balaban J connectivity index is 1.80. The van der Waals surface area contributed by atoms with E-state index in [9.17, 15) is 0 Å². The van der Waals surface area contributed by atoms with Crippen molar-refractivity contribution < 1.29 is 0 Å². The van der Waals surface area contributed by atoms with Crippen molar-refractivity contribution in [1.82, 2.24) is 9.88 Å². The van der Waals surface area contributed by atoms with Crippen molar-refractivity contribution in [2.45, 2.75) is 32.7 Å². The van der Waals surface area contributed by atoms with E-state index < -0.39 is 0 Å². The van der Waals surface area contributed by atoms with Crippen LogP contribution in [0, 0.1) is 5.92 Å². The molecule has 1 fully saturated rings. The summed E-state index contributed by atoms with van der Waals surface area (Å²) in [7, 11) is 0. The molecule has 0 saturated carbocycles. The largest absolute Gasteiger partial charge is 0.369 e. The fraction of sp³-hybridized carbons (Fsp3) is 0.643. The Labute approximate surface area is 118 Å². The summed E-state index contributed by atoms with van der Waals surface area (Å²) in [5, 5.41) is 3.41. The second kappa shape index (κ2) is 6.53. The summed E-state index contributed by atoms with van der Waals surface area (Å²) < 4.78 is 1.02. The lowest BCUT2D eigenvalue weighted by Gasteiger charge is -2.35. The van der Waals surface area contributed by atoms with E-state index in [0.717, 1.165) is 22.8 Å². The molecule has 0 aromatic carbocycles. The first kappa shape index (κ1) is 13.8. The van der Waals surface area contributed by atoms with Crippen LogP contribution in [0.25, 0.3) is 0 Å². The van der Waals surface area contributed by atoms with Crippen LogP contribution in [0.2, 0.25) is 0 Å². The van der Waals surface area contributed by atoms with Crippen LogP contribution in [0.1, 0.15) is 26.7 Å². The molecule has 1 aromatic heterocycles. The molecule has 0 bridgehead atoms. The summed E-state index contributed by atoms with van der Waals surface area (Å²) in [5.41, 5.74) is 0. The lowest BCUT2D eigenvalue weighted by Crippen LogP contribution is -2.43. The van der Waals surface area contributed by atoms with Gasteiger partial charge >= 0.3 is 0 Å². The van der Waals surface area contributed by atoms with Crippen molar-refractivity contribution >= 4 is 21.7 Å². The molecular formula is C14H22BrN3. The van der Waals surface area contributed by atoms with Crippen molar-refractivity contribution in [3.8, 4) is 0 Å². The van der Waals surface area contributed by atoms with Gasteiger partial charge in [-0.1, -0.05) is 6.92 Å². The lowest BCUT2D eigenvalue weighted by molar-refractivity contribution is 0.144. The van der Waals surface area contributed by atoms with Crippen molar-refractivity contribution in [3.63, 3.8) is 0 Å². The first-order chi connectivity index (χ1) is 8.65. The van der Waals surface area contributed by atoms with E-state index in [-0.39, 0.29) is 0 Å². The van der Waals surface area contributed by atoms with Gasteiger partial charge in [0.25, 0.3) is 0 Å². The highest BCUT2D eigenvalue weighted by Crippen LogP contribution is 2.18. The summed E-state index contributed by atoms with van der Waals surface area (Å²) in [4.78, 5) is 6.92. The summed E-state index contributed by atoms with van der Waals surface area (Å²) in [6.45, 7) is 8.07. The first-order valence-electron chi connectivity index (χ1n) is 6.74. The zero-order valence-electron chi connectivity index (χ0n) is 11.2. The molecule has 0 amide bonds. The number of pyridine rings is 1. The number of rotatable bonds is 4. The van der Waals surface area contributed by atoms with Crippen LogP contribution in [-0.2, 0) is 0 Å². The Kier molecular flexibility index (Phi) is 5.01. The van der Waals surface area contributed by atoms with Gasteiger partial charge in [-0.3, -0.25) is 4.90 Å². The van der Waals surface area contributed by atoms with Gasteiger partial charge in [0, 0.05) is 29.8 Å². The summed E-state index contributed by atoms with van der Waals surface area (Å²) in [5.74, 6) is 1.79. The van der Waals surface area contributed by atoms with E-state index in [1.165, 1.54) is 25.9 Å². The summed E-state index contributed by atoms with van der Waals surface area (Å²) in [6, 6.07) is 4.59. The minimum absolute atomic E-state index is 0.568. The van der Waals surface area contributed by atoms with Crippen LogP contribution in [-0.4, -0.2) is 35.6 Å². The Morgan fingerprint density at radius 2 is 2.39 bits per heavy atom. The molecule has 2 rings (SSSR count). The number of hydrogen-bond donors (Lipinski definition) is 1. The van der Waals surface area contributed by atoms with Gasteiger partial charge in [-0.15, -0.1) is 0 Å². The quantitative estimate of drug-likeness (QED) is 0.924. The number of aromatic nitrogens is 1. The SMILES string of the molecule is CC1CCCN(C(C)CNc2ccc(Br)cn2)C1. The smallest absolute Gasteiger partial charge is 0.126 e. The number of anilines is 1. The highest BCUT2D eigenvalue weighted by Gasteiger charge is 2.20. The predicted octanol–water partition coefficient (Wildman–Crippen LogP) is 3.38. The van der Waals surface area contributed by atoms with Gasteiger partial charge in [-0.2, -0.15) is 0 Å². The molecule has 1 N–H and O–H groups in total. The number of piperidine rings is 1. The van der Waals surface area contributed by atoms with E-state index in [0.29, 0.717) is 6.04 Å². The molecule has 0 radical (unpaired) electrons. The molecule has 18 heavy (non-hydrogen) atoms. The Hall–Kier alpha value is -0.610. The molecule has 2 heterocycles. The fourth-order valence-corrected chi connectivity index (χ4v) is 2.72. The minimum atomic E-state index is 0.568. The minimum Gasteiger partial charge on any atom is -0.369 e. The highest BCUT2D eigenvalue weighted by molar-refractivity contribution is 9.10. The third-order valence-corrected chi connectivity index (χ3v) is 4.09. The molecule has 3 nitrogen and oxygen atoms in total. The zero-order chi connectivity index (χ0) is 13.0. The van der Waals surface area contributed by atoms with Crippen LogP contribution in [0.15, 0.2) is 22.8 Å². The van der Waals surface area contributed by atoms with Gasteiger partial charge in [0.15, 0.2) is 0 Å². The van der Waals surface area contributed by atoms with Gasteiger partial charge in [0.1, 0.15) is 5.82 Å². The van der Waals surface area contributed by atoms with Gasteiger partial charge < -0.3 is 5.32 Å². The van der Waals surface area contributed by atoms with Crippen molar-refractivity contribution in [2.24, 2.45) is 5.92 Å². The average molecular weight is 312 g/mol. The maximum absolute atomic E-state index is 4.33. The van der Waals surface area contributed by atoms with E-state index in [2.05, 4.69) is 45.0 Å². The Morgan fingerprint density at radius 1 is 1.56 bits per heavy atom. The van der Waals surface area contributed by atoms with Crippen LogP contribution in [0.4, 0.5) is 5.82 Å². The number of hydrogen-bond acceptors (Lipinski definition) is 3. The van der Waals surface area contributed by atoms with Gasteiger partial charge in [-0.05, 0) is 60.3 Å². The van der Waals surface area contributed by atoms with Crippen LogP contribution in [0.3, 0.4) is 0 Å². The number of nitrogens with one attached hydrogen (secondary N) is 1. The van der Waals surface area contributed by atoms with Crippen molar-refractivity contribution in [3.05, 3.63) is 22.8 Å². The Bertz CT molecular complexity index is 366. The van der Waals surface area contributed by atoms with E-state index in [1.807, 2.05) is 18.3 Å². The van der Waals surface area contributed by atoms with Crippen molar-refractivity contribution in [1.29, 1.82) is 0 Å². The van der Waals surface area contributed by atoms with Crippen molar-refractivity contribution in [2.75, 3.05) is 25.0 Å². The fourth-order valence-electron chi connectivity index (χ4n) is 2.49. The van der Waals surface area contributed by atoms with E-state index >= 15 is 0 Å². The van der Waals surface area contributed by atoms with E-state index in [4.69, 9.17) is 0 Å². The van der Waals surface area contributed by atoms with Gasteiger partial charge in [0.2, 0.25) is 0 Å². The normalized spacial score (nSPS) is 22.7. The molecule has 0 spiro atoms. The second-order valence-electron chi connectivity index (χ2n) is 5.33. The van der Waals surface area contributed by atoms with Crippen LogP contribution < -0.4 is 5.32 Å². The molecule has 4 heteroatoms. The molecule has 1 saturated heterocycles. The average Bonchev–Trinajstić information content (AvgIpc) is 2.38. The third kappa shape index (κ3) is 3.95. The molecule has 0 aliphatic carbocycles. The summed E-state index contributed by atoms with van der Waals surface area (Å²) in [6.07, 6.45) is 4.54. The topological polar surface area (TPSA) is 28.2 Å². The maximum Gasteiger partial charge on any atom is 0.126 e. The molecule has 1 aliphatic heterocycles. The first-order valence-corrected chi connectivity index (χ1v) is 7.54. The molecule has 100 valence electrons. The standard InChI is InChI=1S/C14H22BrN3/c1-11-4-3-7-18(10-11)12(2)8-16-14-6-5-13(15)9-17-14/h5-6,9,11-12H,3-4,7-8,10H2,1-2H3,(H,16,17). The second-order valence-corrected chi connectivity index (χ2v) is 6.25. The number of nitrogens with zero attached hydrogens (tertiary/aromatic N) is 2. The maximum atomic E-state index is 4.33. The monoisotopic (exact) mass is 311 g/mol. The molecule has 1 aromatic rings. The van der Waals surface area contributed by atoms with E-state index in [1.54, 1.807) is 0 Å². The number of likely N-dealkylation sites (tertiary alicyclic amines) is 1.